The number of aromatic nitrogens is 3. The number of rotatable bonds is 8. The quantitative estimate of drug-likeness (QED) is 0.342. The summed E-state index contributed by atoms with van der Waals surface area (Å²) in [5, 5.41) is 9.54. The molecule has 0 unspecified atom stereocenters. The summed E-state index contributed by atoms with van der Waals surface area (Å²) in [4.78, 5) is 36.3. The molecule has 0 spiro atoms. The summed E-state index contributed by atoms with van der Waals surface area (Å²) >= 11 is 0. The molecule has 1 aromatic carbocycles. The van der Waals surface area contributed by atoms with Crippen molar-refractivity contribution in [3.63, 3.8) is 0 Å². The number of likely N-dealkylation sites (tertiary alicyclic amines) is 1. The number of anilines is 1. The maximum atomic E-state index is 13.1. The Balaban J connectivity index is 1.24. The van der Waals surface area contributed by atoms with Crippen LogP contribution in [0.5, 0.6) is 0 Å². The van der Waals surface area contributed by atoms with Crippen LogP contribution in [0.4, 0.5) is 10.5 Å². The van der Waals surface area contributed by atoms with Gasteiger partial charge in [0.1, 0.15) is 5.65 Å². The molecule has 1 saturated heterocycles. The molecular weight excluding hydrogens is 466 g/mol. The number of piperidine rings is 1. The highest BCUT2D eigenvalue weighted by Gasteiger charge is 2.17. The summed E-state index contributed by atoms with van der Waals surface area (Å²) in [5.74, 6) is -0.0997. The summed E-state index contributed by atoms with van der Waals surface area (Å²) in [7, 11) is 0. The van der Waals surface area contributed by atoms with E-state index < -0.39 is 0 Å². The van der Waals surface area contributed by atoms with E-state index in [1.54, 1.807) is 18.6 Å². The first-order valence-electron chi connectivity index (χ1n) is 12.7. The van der Waals surface area contributed by atoms with Crippen LogP contribution in [-0.2, 0) is 6.54 Å². The zero-order chi connectivity index (χ0) is 25.5. The zero-order valence-electron chi connectivity index (χ0n) is 20.7. The summed E-state index contributed by atoms with van der Waals surface area (Å²) in [5.41, 5.74) is 3.73. The van der Waals surface area contributed by atoms with E-state index in [1.807, 2.05) is 59.3 Å². The van der Waals surface area contributed by atoms with Gasteiger partial charge in [0.2, 0.25) is 0 Å². The number of carbonyl (C=O) groups excluding carboxylic acids is 2. The van der Waals surface area contributed by atoms with Crippen molar-refractivity contribution in [3.05, 3.63) is 84.4 Å². The number of pyridine rings is 2. The molecule has 4 heterocycles. The van der Waals surface area contributed by atoms with Crippen LogP contribution in [0.3, 0.4) is 0 Å². The molecule has 0 bridgehead atoms. The number of nitrogens with one attached hydrogen (secondary N) is 3. The number of carbonyl (C=O) groups is 2. The van der Waals surface area contributed by atoms with Crippen LogP contribution < -0.4 is 16.0 Å². The van der Waals surface area contributed by atoms with Gasteiger partial charge >= 0.3 is 6.03 Å². The molecule has 3 N–H and O–H groups in total. The fourth-order valence-corrected chi connectivity index (χ4v) is 4.61. The molecule has 37 heavy (non-hydrogen) atoms. The van der Waals surface area contributed by atoms with Crippen LogP contribution in [-0.4, -0.2) is 57.6 Å². The lowest BCUT2D eigenvalue weighted by molar-refractivity contribution is 0.0948. The molecule has 0 aliphatic carbocycles. The molecule has 190 valence electrons. The summed E-state index contributed by atoms with van der Waals surface area (Å²) in [6, 6.07) is 14.6. The molecule has 5 rings (SSSR count). The summed E-state index contributed by atoms with van der Waals surface area (Å²) in [6.45, 7) is 4.09. The second-order valence-electron chi connectivity index (χ2n) is 9.16. The van der Waals surface area contributed by atoms with Crippen LogP contribution in [0.2, 0.25) is 0 Å². The lowest BCUT2D eigenvalue weighted by atomic mass is 10.1. The van der Waals surface area contributed by atoms with Gasteiger partial charge in [-0.1, -0.05) is 12.5 Å². The van der Waals surface area contributed by atoms with E-state index in [4.69, 9.17) is 0 Å². The molecule has 4 aromatic rings. The van der Waals surface area contributed by atoms with Crippen molar-refractivity contribution in [2.24, 2.45) is 0 Å². The highest BCUT2D eigenvalue weighted by molar-refractivity contribution is 6.06. The predicted molar refractivity (Wildman–Crippen MR) is 144 cm³/mol. The number of fused-ring (bicyclic) bond motifs is 1. The average Bonchev–Trinajstić information content (AvgIpc) is 3.33. The van der Waals surface area contributed by atoms with Crippen molar-refractivity contribution in [1.29, 1.82) is 0 Å². The maximum absolute atomic E-state index is 13.1. The molecule has 0 radical (unpaired) electrons. The smallest absolute Gasteiger partial charge is 0.319 e. The molecular formula is C28H31N7O2. The number of benzene rings is 1. The average molecular weight is 498 g/mol. The van der Waals surface area contributed by atoms with E-state index in [9.17, 15) is 9.59 Å². The Kier molecular flexibility index (Phi) is 7.71. The molecule has 9 nitrogen and oxygen atoms in total. The van der Waals surface area contributed by atoms with Crippen molar-refractivity contribution in [1.82, 2.24) is 30.1 Å². The van der Waals surface area contributed by atoms with Crippen LogP contribution in [0.1, 0.15) is 35.2 Å². The van der Waals surface area contributed by atoms with E-state index in [1.165, 1.54) is 19.3 Å². The van der Waals surface area contributed by atoms with Gasteiger partial charge in [-0.05, 0) is 74.0 Å². The van der Waals surface area contributed by atoms with Crippen molar-refractivity contribution in [3.8, 4) is 5.69 Å². The number of hydrogen-bond donors (Lipinski definition) is 3. The predicted octanol–water partition coefficient (Wildman–Crippen LogP) is 3.96. The van der Waals surface area contributed by atoms with Gasteiger partial charge in [0.05, 0.1) is 5.56 Å². The summed E-state index contributed by atoms with van der Waals surface area (Å²) < 4.78 is 1.90. The molecule has 0 saturated carbocycles. The molecule has 3 amide bonds. The van der Waals surface area contributed by atoms with Crippen molar-refractivity contribution in [2.75, 3.05) is 31.5 Å². The molecule has 9 heteroatoms. The Hall–Kier alpha value is -4.24. The minimum atomic E-state index is -0.298. The van der Waals surface area contributed by atoms with Gasteiger partial charge in [0, 0.05) is 61.2 Å². The second-order valence-corrected chi connectivity index (χ2v) is 9.16. The minimum Gasteiger partial charge on any atom is -0.351 e. The third-order valence-corrected chi connectivity index (χ3v) is 6.55. The minimum absolute atomic E-state index is 0.0997. The lowest BCUT2D eigenvalue weighted by Gasteiger charge is -2.26. The van der Waals surface area contributed by atoms with Crippen LogP contribution in [0, 0.1) is 0 Å². The highest BCUT2D eigenvalue weighted by Crippen LogP contribution is 2.24. The zero-order valence-corrected chi connectivity index (χ0v) is 20.7. The Morgan fingerprint density at radius 1 is 0.919 bits per heavy atom. The number of nitrogens with zero attached hydrogens (tertiary/aromatic N) is 4. The monoisotopic (exact) mass is 497 g/mol. The fraction of sp³-hybridized carbons (Fsp3) is 0.286. The highest BCUT2D eigenvalue weighted by atomic mass is 16.2. The van der Waals surface area contributed by atoms with E-state index in [-0.39, 0.29) is 11.9 Å². The third kappa shape index (κ3) is 6.13. The number of urea groups is 1. The molecule has 1 aliphatic rings. The van der Waals surface area contributed by atoms with Gasteiger partial charge in [0.25, 0.3) is 5.91 Å². The standard InChI is InChI=1S/C28H31N7O2/c36-27(31-14-17-34-15-2-1-3-16-34)25-20-35(26-24(25)7-5-13-30-26)23-10-8-22(9-11-23)33-28(37)32-19-21-6-4-12-29-18-21/h4-13,18,20H,1-3,14-17,19H2,(H,31,36)(H2,32,33,37). The normalized spacial score (nSPS) is 13.8. The van der Waals surface area contributed by atoms with Crippen molar-refractivity contribution < 1.29 is 9.59 Å². The molecule has 3 aromatic heterocycles. The van der Waals surface area contributed by atoms with Crippen LogP contribution in [0.15, 0.2) is 73.3 Å². The lowest BCUT2D eigenvalue weighted by Crippen LogP contribution is -2.37. The van der Waals surface area contributed by atoms with Gasteiger partial charge in [-0.25, -0.2) is 9.78 Å². The summed E-state index contributed by atoms with van der Waals surface area (Å²) in [6.07, 6.45) is 10.7. The number of amides is 3. The Morgan fingerprint density at radius 2 is 1.73 bits per heavy atom. The van der Waals surface area contributed by atoms with Crippen LogP contribution >= 0.6 is 0 Å². The molecule has 1 aliphatic heterocycles. The van der Waals surface area contributed by atoms with E-state index in [0.29, 0.717) is 30.0 Å². The van der Waals surface area contributed by atoms with Gasteiger partial charge in [-0.15, -0.1) is 0 Å². The van der Waals surface area contributed by atoms with Gasteiger partial charge in [0.15, 0.2) is 0 Å². The SMILES string of the molecule is O=C(NCc1cccnc1)Nc1ccc(-n2cc(C(=O)NCCN3CCCCC3)c3cccnc32)cc1. The Morgan fingerprint density at radius 3 is 2.51 bits per heavy atom. The Labute approximate surface area is 215 Å². The van der Waals surface area contributed by atoms with Crippen molar-refractivity contribution >= 4 is 28.7 Å². The first-order valence-corrected chi connectivity index (χ1v) is 12.7. The topological polar surface area (TPSA) is 104 Å². The first-order chi connectivity index (χ1) is 18.2. The van der Waals surface area contributed by atoms with Crippen molar-refractivity contribution in [2.45, 2.75) is 25.8 Å². The van der Waals surface area contributed by atoms with Gasteiger partial charge in [-0.2, -0.15) is 0 Å². The third-order valence-electron chi connectivity index (χ3n) is 6.55. The second kappa shape index (κ2) is 11.7. The van der Waals surface area contributed by atoms with E-state index >= 15 is 0 Å². The van der Waals surface area contributed by atoms with Gasteiger partial charge < -0.3 is 25.4 Å². The molecule has 0 atom stereocenters. The van der Waals surface area contributed by atoms with Crippen LogP contribution in [0.25, 0.3) is 16.7 Å². The van der Waals surface area contributed by atoms with E-state index in [2.05, 4.69) is 30.8 Å². The first kappa shape index (κ1) is 24.5. The van der Waals surface area contributed by atoms with E-state index in [0.717, 1.165) is 36.3 Å². The number of hydrogen-bond acceptors (Lipinski definition) is 5. The fourth-order valence-electron chi connectivity index (χ4n) is 4.61. The largest absolute Gasteiger partial charge is 0.351 e. The molecule has 1 fully saturated rings. The maximum Gasteiger partial charge on any atom is 0.319 e. The Bertz CT molecular complexity index is 1350. The van der Waals surface area contributed by atoms with Gasteiger partial charge in [-0.3, -0.25) is 9.78 Å².